The number of hydrogen-bond donors (Lipinski definition) is 4. The minimum atomic E-state index is -4.19. The van der Waals surface area contributed by atoms with Gasteiger partial charge in [0.2, 0.25) is 0 Å². The topological polar surface area (TPSA) is 168 Å². The van der Waals surface area contributed by atoms with Crippen LogP contribution in [0, 0.1) is 62.6 Å². The summed E-state index contributed by atoms with van der Waals surface area (Å²) in [5.74, 6) is -0.106. The lowest BCUT2D eigenvalue weighted by Crippen LogP contribution is -2.67. The van der Waals surface area contributed by atoms with Gasteiger partial charge in [-0.3, -0.25) is 9.35 Å². The second kappa shape index (κ2) is 12.6. The minimum Gasteiger partial charge on any atom is -0.481 e. The first-order valence-corrected chi connectivity index (χ1v) is 20.5. The van der Waals surface area contributed by atoms with E-state index in [1.807, 2.05) is 6.92 Å². The van der Waals surface area contributed by atoms with E-state index in [4.69, 9.17) is 14.0 Å². The van der Waals surface area contributed by atoms with E-state index >= 15 is 0 Å². The predicted molar refractivity (Wildman–Crippen MR) is 183 cm³/mol. The van der Waals surface area contributed by atoms with E-state index in [9.17, 15) is 27.9 Å². The van der Waals surface area contributed by atoms with Crippen LogP contribution in [0.15, 0.2) is 0 Å². The lowest BCUT2D eigenvalue weighted by Gasteiger charge is -2.72. The Morgan fingerprint density at radius 3 is 2.20 bits per heavy atom. The molecule has 0 aromatic carbocycles. The van der Waals surface area contributed by atoms with Crippen LogP contribution in [0.2, 0.25) is 0 Å². The fourth-order valence-electron chi connectivity index (χ4n) is 13.1. The van der Waals surface area contributed by atoms with Crippen molar-refractivity contribution in [3.63, 3.8) is 0 Å². The van der Waals surface area contributed by atoms with E-state index in [1.165, 1.54) is 0 Å². The molecule has 6 saturated carbocycles. The fourth-order valence-corrected chi connectivity index (χ4v) is 13.4. The van der Waals surface area contributed by atoms with E-state index in [-0.39, 0.29) is 76.7 Å². The smallest absolute Gasteiger partial charge is 0.407 e. The second-order valence-corrected chi connectivity index (χ2v) is 19.9. The maximum absolute atomic E-state index is 13.2. The Hall–Kier alpha value is -2.08. The van der Waals surface area contributed by atoms with Crippen molar-refractivity contribution in [2.75, 3.05) is 18.9 Å². The van der Waals surface area contributed by atoms with Crippen LogP contribution in [-0.2, 0) is 24.4 Å². The highest BCUT2D eigenvalue weighted by Gasteiger charge is 2.72. The van der Waals surface area contributed by atoms with Crippen LogP contribution in [0.5, 0.6) is 0 Å². The summed E-state index contributed by atoms with van der Waals surface area (Å²) < 4.78 is 42.6. The third-order valence-corrected chi connectivity index (χ3v) is 16.6. The van der Waals surface area contributed by atoms with Crippen molar-refractivity contribution in [2.24, 2.45) is 62.6 Å². The van der Waals surface area contributed by atoms with Crippen molar-refractivity contribution in [3.05, 3.63) is 0 Å². The number of nitrogens with one attached hydrogen (secondary N) is 2. The van der Waals surface area contributed by atoms with Gasteiger partial charge in [-0.25, -0.2) is 9.59 Å². The van der Waals surface area contributed by atoms with Gasteiger partial charge in [0.15, 0.2) is 0 Å². The molecule has 6 rings (SSSR count). The Bertz CT molecular complexity index is 1430. The van der Waals surface area contributed by atoms with E-state index < -0.39 is 33.3 Å². The predicted octanol–water partition coefficient (Wildman–Crippen LogP) is 6.66. The van der Waals surface area contributed by atoms with Crippen LogP contribution < -0.4 is 10.6 Å². The van der Waals surface area contributed by atoms with Crippen molar-refractivity contribution in [2.45, 2.75) is 131 Å². The van der Waals surface area contributed by atoms with Crippen molar-refractivity contribution in [3.8, 4) is 0 Å². The zero-order valence-corrected chi connectivity index (χ0v) is 31.2. The molecule has 11 atom stereocenters. The minimum absolute atomic E-state index is 0.0150. The van der Waals surface area contributed by atoms with E-state index in [2.05, 4.69) is 45.3 Å². The highest BCUT2D eigenvalue weighted by Crippen LogP contribution is 2.77. The van der Waals surface area contributed by atoms with Crippen LogP contribution in [0.25, 0.3) is 0 Å². The normalized spacial score (nSPS) is 43.1. The third-order valence-electron chi connectivity index (χ3n) is 15.8. The van der Waals surface area contributed by atoms with Crippen LogP contribution in [0.3, 0.4) is 0 Å². The van der Waals surface area contributed by atoms with Gasteiger partial charge in [0.1, 0.15) is 6.10 Å². The number of alkyl carbamates (subject to hydrolysis) is 2. The number of aliphatic carboxylic acids is 1. The number of carbonyl (C=O) groups is 3. The number of rotatable bonds is 9. The molecule has 0 heterocycles. The number of fused-ring (bicyclic) bond motifs is 7. The lowest BCUT2D eigenvalue weighted by molar-refractivity contribution is -0.249. The Kier molecular flexibility index (Phi) is 9.40. The van der Waals surface area contributed by atoms with Crippen molar-refractivity contribution >= 4 is 28.3 Å². The van der Waals surface area contributed by atoms with E-state index in [0.717, 1.165) is 64.2 Å². The molecule has 0 unspecified atom stereocenters. The highest BCUT2D eigenvalue weighted by atomic mass is 32.2. The molecule has 0 aliphatic heterocycles. The van der Waals surface area contributed by atoms with E-state index in [0.29, 0.717) is 24.7 Å². The first kappa shape index (κ1) is 36.7. The van der Waals surface area contributed by atoms with Gasteiger partial charge >= 0.3 is 18.2 Å². The molecule has 0 aromatic rings. The highest BCUT2D eigenvalue weighted by molar-refractivity contribution is 7.85. The maximum atomic E-state index is 13.2. The number of amides is 2. The van der Waals surface area contributed by atoms with Crippen LogP contribution in [0.4, 0.5) is 9.59 Å². The zero-order valence-electron chi connectivity index (χ0n) is 30.4. The summed E-state index contributed by atoms with van der Waals surface area (Å²) in [6.07, 6.45) is 10.0. The van der Waals surface area contributed by atoms with Gasteiger partial charge in [-0.15, -0.1) is 0 Å². The molecule has 0 aromatic heterocycles. The van der Waals surface area contributed by atoms with Crippen LogP contribution in [0.1, 0.15) is 119 Å². The molecule has 49 heavy (non-hydrogen) atoms. The number of carboxylic acid groups (broad SMARTS) is 1. The Labute approximate surface area is 292 Å². The standard InChI is InChI=1S/C37H60N2O9S/c1-22(21-47-31(42)38-19-20-49(44,45)46)24-11-16-37(30(40)41)18-17-35(5)25(29(24)37)9-10-27-34(4)14-13-28(48-32(43)39-23-7-8-23)33(2,3)26(34)12-15-36(27,35)6/h22-29H,7-21H2,1-6H3,(H,38,42)(H,39,43)(H,40,41)(H,44,45,46)/t22-,24-,25+,26-,27+,28+,29+,34-,35+,36+,37-/m0/s1. The van der Waals surface area contributed by atoms with Crippen LogP contribution >= 0.6 is 0 Å². The van der Waals surface area contributed by atoms with Crippen molar-refractivity contribution in [1.82, 2.24) is 10.6 Å². The zero-order chi connectivity index (χ0) is 35.8. The summed E-state index contributed by atoms with van der Waals surface area (Å²) in [7, 11) is -4.19. The molecular weight excluding hydrogens is 648 g/mol. The van der Waals surface area contributed by atoms with Gasteiger partial charge in [-0.2, -0.15) is 8.42 Å². The van der Waals surface area contributed by atoms with Crippen molar-refractivity contribution in [1.29, 1.82) is 0 Å². The van der Waals surface area contributed by atoms with Crippen molar-refractivity contribution < 1.29 is 41.9 Å². The fraction of sp³-hybridized carbons (Fsp3) is 0.919. The summed E-state index contributed by atoms with van der Waals surface area (Å²) in [6, 6.07) is 0.270. The Balaban J connectivity index is 1.20. The van der Waals surface area contributed by atoms with Gasteiger partial charge in [-0.05, 0) is 129 Å². The summed E-state index contributed by atoms with van der Waals surface area (Å²) >= 11 is 0. The molecule has 12 heteroatoms. The summed E-state index contributed by atoms with van der Waals surface area (Å²) in [4.78, 5) is 38.3. The maximum Gasteiger partial charge on any atom is 0.407 e. The summed E-state index contributed by atoms with van der Waals surface area (Å²) in [6.45, 7) is 14.0. The first-order chi connectivity index (χ1) is 22.8. The average Bonchev–Trinajstić information content (AvgIpc) is 3.72. The van der Waals surface area contributed by atoms with E-state index in [1.54, 1.807) is 0 Å². The van der Waals surface area contributed by atoms with Gasteiger partial charge in [0.05, 0.1) is 17.8 Å². The number of ether oxygens (including phenoxy) is 2. The molecule has 6 fully saturated rings. The molecular formula is C37H60N2O9S. The summed E-state index contributed by atoms with van der Waals surface area (Å²) in [5.41, 5.74) is -0.825. The lowest BCUT2D eigenvalue weighted by atomic mass is 9.32. The molecule has 278 valence electrons. The second-order valence-electron chi connectivity index (χ2n) is 18.3. The number of carboxylic acids is 1. The molecule has 0 spiro atoms. The number of carbonyl (C=O) groups excluding carboxylic acids is 2. The van der Waals surface area contributed by atoms with Gasteiger partial charge in [0, 0.05) is 18.0 Å². The average molecular weight is 709 g/mol. The van der Waals surface area contributed by atoms with Gasteiger partial charge < -0.3 is 25.2 Å². The third kappa shape index (κ3) is 6.16. The monoisotopic (exact) mass is 708 g/mol. The molecule has 0 saturated heterocycles. The number of hydrogen-bond acceptors (Lipinski definition) is 7. The molecule has 6 aliphatic carbocycles. The first-order valence-electron chi connectivity index (χ1n) is 18.8. The molecule has 11 nitrogen and oxygen atoms in total. The molecule has 0 radical (unpaired) electrons. The Morgan fingerprint density at radius 2 is 1.55 bits per heavy atom. The summed E-state index contributed by atoms with van der Waals surface area (Å²) in [5, 5.41) is 16.2. The quantitative estimate of drug-likeness (QED) is 0.192. The largest absolute Gasteiger partial charge is 0.481 e. The van der Waals surface area contributed by atoms with Crippen LogP contribution in [-0.4, -0.2) is 67.3 Å². The Morgan fingerprint density at radius 1 is 0.837 bits per heavy atom. The molecule has 6 aliphatic rings. The molecule has 2 amide bonds. The molecule has 4 N–H and O–H groups in total. The van der Waals surface area contributed by atoms with Gasteiger partial charge in [-0.1, -0.05) is 41.5 Å². The van der Waals surface area contributed by atoms with Gasteiger partial charge in [0.25, 0.3) is 10.1 Å². The molecule has 0 bridgehead atoms. The SMILES string of the molecule is C[C@@H](COC(=O)NCCS(=O)(=O)O)[C@@H]1CC[C@]2(C(=O)O)CC[C@]3(C)[C@H](CC[C@@H]4[C@@]5(C)CC[C@@H](OC(=O)NC6CC6)C(C)(C)[C@@H]5CC[C@]43C)[C@@H]12.